The maximum Gasteiger partial charge on any atom is 0.325 e. The number of carbonyl (C=O) groups is 4. The predicted molar refractivity (Wildman–Crippen MR) is 114 cm³/mol. The molecular formula is C21H21N4O5S. The largest absolute Gasteiger partial charge is 0.333 e. The Morgan fingerprint density at radius 1 is 1.13 bits per heavy atom. The van der Waals surface area contributed by atoms with Gasteiger partial charge in [-0.3, -0.25) is 24.1 Å². The molecule has 5 amide bonds. The number of hydrogen-bond donors (Lipinski definition) is 2. The van der Waals surface area contributed by atoms with Gasteiger partial charge >= 0.3 is 17.8 Å². The zero-order valence-electron chi connectivity index (χ0n) is 16.8. The van der Waals surface area contributed by atoms with Gasteiger partial charge < -0.3 is 15.5 Å². The van der Waals surface area contributed by atoms with Gasteiger partial charge in [-0.25, -0.2) is 4.79 Å². The molecule has 1 fully saturated rings. The van der Waals surface area contributed by atoms with Crippen molar-refractivity contribution in [3.63, 3.8) is 0 Å². The first-order valence-corrected chi connectivity index (χ1v) is 10.5. The smallest absolute Gasteiger partial charge is 0.325 e. The lowest BCUT2D eigenvalue weighted by Gasteiger charge is -2.32. The van der Waals surface area contributed by atoms with Crippen LogP contribution in [0.1, 0.15) is 23.4 Å². The molecule has 1 aromatic carbocycles. The van der Waals surface area contributed by atoms with Crippen LogP contribution in [0, 0.1) is 0 Å². The number of nitrogens with one attached hydrogen (secondary N) is 2. The molecular weight excluding hydrogens is 420 g/mol. The summed E-state index contributed by atoms with van der Waals surface area (Å²) in [7, 11) is 0. The maximum atomic E-state index is 13.0. The summed E-state index contributed by atoms with van der Waals surface area (Å²) in [5, 5.41) is 7.04. The first-order chi connectivity index (χ1) is 15.0. The molecule has 161 valence electrons. The summed E-state index contributed by atoms with van der Waals surface area (Å²) < 4.78 is 0. The van der Waals surface area contributed by atoms with Gasteiger partial charge in [0.05, 0.1) is 0 Å². The second-order valence-electron chi connectivity index (χ2n) is 6.71. The summed E-state index contributed by atoms with van der Waals surface area (Å²) >= 11 is 1.26. The molecule has 1 saturated heterocycles. The fraction of sp³-hybridized carbons (Fsp3) is 0.286. The Bertz CT molecular complexity index is 991. The average molecular weight is 441 g/mol. The van der Waals surface area contributed by atoms with Gasteiger partial charge in [0.1, 0.15) is 6.04 Å². The Kier molecular flexibility index (Phi) is 7.14. The molecule has 1 radical (unpaired) electrons. The summed E-state index contributed by atoms with van der Waals surface area (Å²) in [5.41, 5.74) is 1.01. The summed E-state index contributed by atoms with van der Waals surface area (Å²) in [6.07, 6.45) is 1.80. The number of benzene rings is 1. The van der Waals surface area contributed by atoms with E-state index in [0.29, 0.717) is 22.7 Å². The molecule has 2 aromatic rings. The standard InChI is InChI=1S/C21H21N4O5S/c1-2-24-10-11-25(20(29)19(24)28)21(30)23-17(16-8-5-13-31-16)18(27)22-15-7-4-3-6-14(15)9-12-26/h3-8,13,17H,2,9-11H2,1H3,(H,22,27)(H,23,30). The van der Waals surface area contributed by atoms with Crippen LogP contribution in [0.15, 0.2) is 41.8 Å². The number of urea groups is 1. The van der Waals surface area contributed by atoms with Gasteiger partial charge in [0.15, 0.2) is 0 Å². The van der Waals surface area contributed by atoms with Crippen molar-refractivity contribution in [3.8, 4) is 0 Å². The first-order valence-electron chi connectivity index (χ1n) is 9.64. The number of anilines is 1. The van der Waals surface area contributed by atoms with E-state index in [0.717, 1.165) is 4.90 Å². The highest BCUT2D eigenvalue weighted by molar-refractivity contribution is 7.10. The molecule has 1 aliphatic heterocycles. The number of nitrogens with zero attached hydrogens (tertiary/aromatic N) is 2. The Morgan fingerprint density at radius 3 is 2.58 bits per heavy atom. The predicted octanol–water partition coefficient (Wildman–Crippen LogP) is 1.48. The van der Waals surface area contributed by atoms with E-state index in [2.05, 4.69) is 10.6 Å². The number of para-hydroxylation sites is 1. The van der Waals surface area contributed by atoms with Crippen LogP contribution in [0.4, 0.5) is 10.5 Å². The van der Waals surface area contributed by atoms with Crippen LogP contribution in [0.3, 0.4) is 0 Å². The van der Waals surface area contributed by atoms with Crippen LogP contribution < -0.4 is 10.6 Å². The fourth-order valence-corrected chi connectivity index (χ4v) is 3.95. The molecule has 9 nitrogen and oxygen atoms in total. The van der Waals surface area contributed by atoms with E-state index >= 15 is 0 Å². The average Bonchev–Trinajstić information content (AvgIpc) is 3.29. The fourth-order valence-electron chi connectivity index (χ4n) is 3.17. The van der Waals surface area contributed by atoms with Crippen molar-refractivity contribution in [1.82, 2.24) is 15.1 Å². The molecule has 1 atom stereocenters. The number of amides is 5. The van der Waals surface area contributed by atoms with Gasteiger partial charge in [-0.05, 0) is 30.0 Å². The molecule has 1 aliphatic rings. The van der Waals surface area contributed by atoms with Crippen LogP contribution >= 0.6 is 11.3 Å². The Labute approximate surface area is 183 Å². The molecule has 1 unspecified atom stereocenters. The summed E-state index contributed by atoms with van der Waals surface area (Å²) in [4.78, 5) is 63.8. The minimum Gasteiger partial charge on any atom is -0.333 e. The number of imide groups is 1. The third-order valence-electron chi connectivity index (χ3n) is 4.83. The normalized spacial score (nSPS) is 14.9. The third kappa shape index (κ3) is 4.97. The number of hydrogen-bond acceptors (Lipinski definition) is 6. The van der Waals surface area contributed by atoms with E-state index in [9.17, 15) is 24.0 Å². The molecule has 0 saturated carbocycles. The van der Waals surface area contributed by atoms with E-state index < -0.39 is 29.8 Å². The molecule has 10 heteroatoms. The molecule has 2 heterocycles. The van der Waals surface area contributed by atoms with E-state index in [4.69, 9.17) is 0 Å². The highest BCUT2D eigenvalue weighted by atomic mass is 32.1. The lowest BCUT2D eigenvalue weighted by molar-refractivity contribution is -0.153. The molecule has 0 bridgehead atoms. The summed E-state index contributed by atoms with van der Waals surface area (Å²) in [5.74, 6) is -2.22. The van der Waals surface area contributed by atoms with E-state index in [1.807, 2.05) is 0 Å². The van der Waals surface area contributed by atoms with Gasteiger partial charge in [-0.15, -0.1) is 11.3 Å². The Hall–Kier alpha value is -3.53. The van der Waals surface area contributed by atoms with Crippen molar-refractivity contribution < 1.29 is 24.0 Å². The molecule has 1 aromatic heterocycles. The van der Waals surface area contributed by atoms with Crippen LogP contribution in [0.25, 0.3) is 0 Å². The van der Waals surface area contributed by atoms with Gasteiger partial charge in [0.25, 0.3) is 5.91 Å². The van der Waals surface area contributed by atoms with Crippen molar-refractivity contribution in [2.75, 3.05) is 25.0 Å². The number of rotatable bonds is 7. The SMILES string of the molecule is CCN1CCN(C(=O)NC(C(=O)Nc2ccccc2C[C]=O)c2cccs2)C(=O)C1=O. The van der Waals surface area contributed by atoms with Crippen LogP contribution in [-0.2, 0) is 25.6 Å². The van der Waals surface area contributed by atoms with Crippen LogP contribution in [0.2, 0.25) is 0 Å². The minimum absolute atomic E-state index is 0.00476. The van der Waals surface area contributed by atoms with Crippen LogP contribution in [-0.4, -0.2) is 59.5 Å². The van der Waals surface area contributed by atoms with E-state index in [1.54, 1.807) is 55.0 Å². The zero-order valence-corrected chi connectivity index (χ0v) is 17.6. The summed E-state index contributed by atoms with van der Waals surface area (Å²) in [6.45, 7) is 2.40. The molecule has 0 spiro atoms. The third-order valence-corrected chi connectivity index (χ3v) is 5.77. The van der Waals surface area contributed by atoms with Gasteiger partial charge in [0.2, 0.25) is 6.29 Å². The molecule has 2 N–H and O–H groups in total. The first kappa shape index (κ1) is 22.2. The second kappa shape index (κ2) is 9.98. The quantitative estimate of drug-likeness (QED) is 0.632. The molecule has 3 rings (SSSR count). The number of thiophene rings is 1. The number of piperazine rings is 1. The van der Waals surface area contributed by atoms with Crippen molar-refractivity contribution in [2.45, 2.75) is 19.4 Å². The van der Waals surface area contributed by atoms with Gasteiger partial charge in [-0.1, -0.05) is 24.3 Å². The van der Waals surface area contributed by atoms with Crippen molar-refractivity contribution in [2.24, 2.45) is 0 Å². The van der Waals surface area contributed by atoms with Crippen molar-refractivity contribution in [3.05, 3.63) is 52.2 Å². The van der Waals surface area contributed by atoms with Crippen LogP contribution in [0.5, 0.6) is 0 Å². The molecule has 31 heavy (non-hydrogen) atoms. The number of likely N-dealkylation sites (N-methyl/N-ethyl adjacent to an activating group) is 1. The van der Waals surface area contributed by atoms with Crippen molar-refractivity contribution >= 4 is 47.1 Å². The Balaban J connectivity index is 1.78. The molecule has 0 aliphatic carbocycles. The monoisotopic (exact) mass is 441 g/mol. The Morgan fingerprint density at radius 2 is 1.90 bits per heavy atom. The zero-order chi connectivity index (χ0) is 22.4. The highest BCUT2D eigenvalue weighted by Gasteiger charge is 2.37. The topological polar surface area (TPSA) is 116 Å². The summed E-state index contributed by atoms with van der Waals surface area (Å²) in [6, 6.07) is 8.28. The lowest BCUT2D eigenvalue weighted by atomic mass is 10.1. The van der Waals surface area contributed by atoms with E-state index in [-0.39, 0.29) is 19.5 Å². The van der Waals surface area contributed by atoms with E-state index in [1.165, 1.54) is 16.2 Å². The lowest BCUT2D eigenvalue weighted by Crippen LogP contribution is -2.58. The second-order valence-corrected chi connectivity index (χ2v) is 7.69. The number of carbonyl (C=O) groups excluding carboxylic acids is 5. The van der Waals surface area contributed by atoms with Gasteiger partial charge in [-0.2, -0.15) is 0 Å². The highest BCUT2D eigenvalue weighted by Crippen LogP contribution is 2.23. The maximum absolute atomic E-state index is 13.0. The van der Waals surface area contributed by atoms with Crippen molar-refractivity contribution in [1.29, 1.82) is 0 Å². The van der Waals surface area contributed by atoms with Gasteiger partial charge in [0, 0.05) is 36.6 Å². The minimum atomic E-state index is -1.09.